The van der Waals surface area contributed by atoms with Crippen molar-refractivity contribution in [3.05, 3.63) is 77.0 Å². The second-order valence-electron chi connectivity index (χ2n) is 5.98. The molecule has 0 fully saturated rings. The SMILES string of the molecule is Cc1ccc(CNc2ccnc(Nc3cccc(C)c3C)n2)cc1. The van der Waals surface area contributed by atoms with Crippen LogP contribution in [0.2, 0.25) is 0 Å². The molecule has 0 aliphatic carbocycles. The van der Waals surface area contributed by atoms with Gasteiger partial charge in [0.15, 0.2) is 0 Å². The van der Waals surface area contributed by atoms with E-state index in [-0.39, 0.29) is 0 Å². The lowest BCUT2D eigenvalue weighted by Crippen LogP contribution is -2.05. The molecule has 4 nitrogen and oxygen atoms in total. The van der Waals surface area contributed by atoms with Gasteiger partial charge in [0.2, 0.25) is 5.95 Å². The van der Waals surface area contributed by atoms with Gasteiger partial charge < -0.3 is 10.6 Å². The van der Waals surface area contributed by atoms with Crippen LogP contribution in [-0.2, 0) is 6.54 Å². The number of nitrogens with zero attached hydrogens (tertiary/aromatic N) is 2. The highest BCUT2D eigenvalue weighted by Gasteiger charge is 2.04. The molecule has 4 heteroatoms. The number of nitrogens with one attached hydrogen (secondary N) is 2. The Morgan fingerprint density at radius 2 is 1.71 bits per heavy atom. The maximum Gasteiger partial charge on any atom is 0.229 e. The minimum Gasteiger partial charge on any atom is -0.366 e. The van der Waals surface area contributed by atoms with Gasteiger partial charge in [-0.15, -0.1) is 0 Å². The van der Waals surface area contributed by atoms with Crippen LogP contribution in [-0.4, -0.2) is 9.97 Å². The molecule has 0 aliphatic rings. The summed E-state index contributed by atoms with van der Waals surface area (Å²) in [5.74, 6) is 1.40. The van der Waals surface area contributed by atoms with Gasteiger partial charge in [-0.25, -0.2) is 4.98 Å². The fourth-order valence-electron chi connectivity index (χ4n) is 2.42. The van der Waals surface area contributed by atoms with Crippen LogP contribution in [0, 0.1) is 20.8 Å². The van der Waals surface area contributed by atoms with Crippen LogP contribution in [0.5, 0.6) is 0 Å². The van der Waals surface area contributed by atoms with Gasteiger partial charge in [0.05, 0.1) is 0 Å². The average Bonchev–Trinajstić information content (AvgIpc) is 2.59. The summed E-state index contributed by atoms with van der Waals surface area (Å²) in [7, 11) is 0. The molecule has 0 radical (unpaired) electrons. The lowest BCUT2D eigenvalue weighted by Gasteiger charge is -2.11. The first kappa shape index (κ1) is 16.0. The van der Waals surface area contributed by atoms with Gasteiger partial charge in [0.1, 0.15) is 5.82 Å². The number of aryl methyl sites for hydroxylation is 2. The van der Waals surface area contributed by atoms with E-state index in [4.69, 9.17) is 0 Å². The van der Waals surface area contributed by atoms with Crippen molar-refractivity contribution in [3.8, 4) is 0 Å². The Morgan fingerprint density at radius 3 is 2.50 bits per heavy atom. The van der Waals surface area contributed by atoms with E-state index >= 15 is 0 Å². The molecule has 1 aromatic heterocycles. The molecule has 0 spiro atoms. The number of hydrogen-bond acceptors (Lipinski definition) is 4. The molecule has 3 aromatic rings. The van der Waals surface area contributed by atoms with Crippen LogP contribution in [0.15, 0.2) is 54.7 Å². The van der Waals surface area contributed by atoms with Gasteiger partial charge in [-0.3, -0.25) is 0 Å². The first-order chi connectivity index (χ1) is 11.6. The zero-order valence-corrected chi connectivity index (χ0v) is 14.3. The molecule has 3 rings (SSSR count). The molecule has 0 saturated heterocycles. The Balaban J connectivity index is 1.69. The normalized spacial score (nSPS) is 10.5. The van der Waals surface area contributed by atoms with Crippen LogP contribution >= 0.6 is 0 Å². The first-order valence-corrected chi connectivity index (χ1v) is 8.07. The van der Waals surface area contributed by atoms with Crippen molar-refractivity contribution in [1.82, 2.24) is 9.97 Å². The molecule has 0 saturated carbocycles. The van der Waals surface area contributed by atoms with Crippen LogP contribution in [0.4, 0.5) is 17.5 Å². The van der Waals surface area contributed by atoms with E-state index in [1.165, 1.54) is 22.3 Å². The monoisotopic (exact) mass is 318 g/mol. The zero-order chi connectivity index (χ0) is 16.9. The molecule has 1 heterocycles. The van der Waals surface area contributed by atoms with Crippen LogP contribution in [0.1, 0.15) is 22.3 Å². The van der Waals surface area contributed by atoms with Crippen molar-refractivity contribution in [2.24, 2.45) is 0 Å². The molecule has 0 bridgehead atoms. The summed E-state index contributed by atoms with van der Waals surface area (Å²) in [4.78, 5) is 8.85. The third kappa shape index (κ3) is 3.90. The summed E-state index contributed by atoms with van der Waals surface area (Å²) < 4.78 is 0. The molecule has 0 unspecified atom stereocenters. The van der Waals surface area contributed by atoms with Crippen LogP contribution in [0.3, 0.4) is 0 Å². The Bertz CT molecular complexity index is 825. The minimum absolute atomic E-state index is 0.595. The van der Waals surface area contributed by atoms with E-state index < -0.39 is 0 Å². The summed E-state index contributed by atoms with van der Waals surface area (Å²) in [6.45, 7) is 7.02. The van der Waals surface area contributed by atoms with Gasteiger partial charge in [0, 0.05) is 18.4 Å². The van der Waals surface area contributed by atoms with E-state index in [9.17, 15) is 0 Å². The second-order valence-corrected chi connectivity index (χ2v) is 5.98. The van der Waals surface area contributed by atoms with E-state index in [0.717, 1.165) is 18.1 Å². The number of aromatic nitrogens is 2. The van der Waals surface area contributed by atoms with Crippen molar-refractivity contribution < 1.29 is 0 Å². The number of rotatable bonds is 5. The molecule has 2 N–H and O–H groups in total. The largest absolute Gasteiger partial charge is 0.366 e. The van der Waals surface area contributed by atoms with Gasteiger partial charge >= 0.3 is 0 Å². The predicted molar refractivity (Wildman–Crippen MR) is 99.7 cm³/mol. The molecular weight excluding hydrogens is 296 g/mol. The highest BCUT2D eigenvalue weighted by Crippen LogP contribution is 2.21. The molecule has 0 aliphatic heterocycles. The Morgan fingerprint density at radius 1 is 0.917 bits per heavy atom. The third-order valence-corrected chi connectivity index (χ3v) is 4.10. The quantitative estimate of drug-likeness (QED) is 0.712. The van der Waals surface area contributed by atoms with Gasteiger partial charge in [0.25, 0.3) is 0 Å². The zero-order valence-electron chi connectivity index (χ0n) is 14.3. The molecule has 122 valence electrons. The molecule has 0 atom stereocenters. The summed E-state index contributed by atoms with van der Waals surface area (Å²) >= 11 is 0. The number of anilines is 3. The molecule has 0 amide bonds. The fourth-order valence-corrected chi connectivity index (χ4v) is 2.42. The lowest BCUT2D eigenvalue weighted by atomic mass is 10.1. The highest BCUT2D eigenvalue weighted by atomic mass is 15.1. The fraction of sp³-hybridized carbons (Fsp3) is 0.200. The summed E-state index contributed by atoms with van der Waals surface area (Å²) in [6.07, 6.45) is 1.76. The summed E-state index contributed by atoms with van der Waals surface area (Å²) in [6, 6.07) is 16.5. The van der Waals surface area contributed by atoms with Crippen molar-refractivity contribution in [2.45, 2.75) is 27.3 Å². The van der Waals surface area contributed by atoms with Gasteiger partial charge in [-0.05, 0) is 49.6 Å². The Kier molecular flexibility index (Phi) is 4.75. The minimum atomic E-state index is 0.595. The van der Waals surface area contributed by atoms with Gasteiger partial charge in [-0.2, -0.15) is 4.98 Å². The Hall–Kier alpha value is -2.88. The second kappa shape index (κ2) is 7.13. The summed E-state index contributed by atoms with van der Waals surface area (Å²) in [5.41, 5.74) is 5.97. The van der Waals surface area contributed by atoms with Crippen molar-refractivity contribution in [1.29, 1.82) is 0 Å². The highest BCUT2D eigenvalue weighted by molar-refractivity contribution is 5.60. The van der Waals surface area contributed by atoms with Gasteiger partial charge in [-0.1, -0.05) is 42.0 Å². The lowest BCUT2D eigenvalue weighted by molar-refractivity contribution is 1.08. The topological polar surface area (TPSA) is 49.8 Å². The first-order valence-electron chi connectivity index (χ1n) is 8.07. The smallest absolute Gasteiger partial charge is 0.229 e. The molecular formula is C20H22N4. The van der Waals surface area contributed by atoms with Crippen molar-refractivity contribution >= 4 is 17.5 Å². The van der Waals surface area contributed by atoms with E-state index in [1.807, 2.05) is 18.2 Å². The van der Waals surface area contributed by atoms with E-state index in [0.29, 0.717) is 5.95 Å². The molecule has 2 aromatic carbocycles. The summed E-state index contributed by atoms with van der Waals surface area (Å²) in [5, 5.41) is 6.64. The van der Waals surface area contributed by atoms with Crippen molar-refractivity contribution in [2.75, 3.05) is 10.6 Å². The maximum absolute atomic E-state index is 4.54. The van der Waals surface area contributed by atoms with Crippen LogP contribution < -0.4 is 10.6 Å². The van der Waals surface area contributed by atoms with Crippen LogP contribution in [0.25, 0.3) is 0 Å². The maximum atomic E-state index is 4.54. The van der Waals surface area contributed by atoms with E-state index in [2.05, 4.69) is 71.7 Å². The molecule has 24 heavy (non-hydrogen) atoms. The number of benzene rings is 2. The predicted octanol–water partition coefficient (Wildman–Crippen LogP) is 4.76. The average molecular weight is 318 g/mol. The number of hydrogen-bond donors (Lipinski definition) is 2. The standard InChI is InChI=1S/C20H22N4/c1-14-7-9-17(10-8-14)13-22-19-11-12-21-20(24-19)23-18-6-4-5-15(2)16(18)3/h4-12H,13H2,1-3H3,(H2,21,22,23,24). The third-order valence-electron chi connectivity index (χ3n) is 4.10. The van der Waals surface area contributed by atoms with Crippen molar-refractivity contribution in [3.63, 3.8) is 0 Å². The Labute approximate surface area is 143 Å². The van der Waals surface area contributed by atoms with E-state index in [1.54, 1.807) is 6.20 Å².